The Hall–Kier alpha value is -1.45. The van der Waals surface area contributed by atoms with Gasteiger partial charge in [-0.25, -0.2) is 4.39 Å². The lowest BCUT2D eigenvalue weighted by atomic mass is 10.3. The fourth-order valence-electron chi connectivity index (χ4n) is 1.53. The molecule has 0 radical (unpaired) electrons. The van der Waals surface area contributed by atoms with Crippen LogP contribution in [0.1, 0.15) is 0 Å². The molecule has 2 rings (SSSR count). The lowest BCUT2D eigenvalue weighted by Crippen LogP contribution is -2.11. The molecule has 0 amide bonds. The Bertz CT molecular complexity index is 563. The van der Waals surface area contributed by atoms with Gasteiger partial charge in [0.25, 0.3) is 0 Å². The number of nitrogens with one attached hydrogen (secondary N) is 1. The van der Waals surface area contributed by atoms with Gasteiger partial charge in [-0.2, -0.15) is 0 Å². The summed E-state index contributed by atoms with van der Waals surface area (Å²) in [6.45, 7) is 1.05. The quantitative estimate of drug-likeness (QED) is 0.813. The zero-order valence-electron chi connectivity index (χ0n) is 10.00. The minimum atomic E-state index is -0.453. The topological polar surface area (TPSA) is 21.3 Å². The van der Waals surface area contributed by atoms with Crippen LogP contribution in [0.4, 0.5) is 10.1 Å². The first-order valence-corrected chi connectivity index (χ1v) is 6.48. The summed E-state index contributed by atoms with van der Waals surface area (Å²) in [7, 11) is 0. The van der Waals surface area contributed by atoms with Gasteiger partial charge in [0, 0.05) is 23.3 Å². The molecular weight excluding hydrogens is 288 g/mol. The SMILES string of the molecule is Fc1ccc(OCCNc2cccc(Cl)c2)cc1Cl. The zero-order valence-corrected chi connectivity index (χ0v) is 11.5. The second-order valence-electron chi connectivity index (χ2n) is 3.86. The molecule has 0 bridgehead atoms. The normalized spacial score (nSPS) is 10.3. The molecular formula is C14H12Cl2FNO. The number of ether oxygens (including phenoxy) is 1. The summed E-state index contributed by atoms with van der Waals surface area (Å²) in [5, 5.41) is 3.90. The number of rotatable bonds is 5. The summed E-state index contributed by atoms with van der Waals surface area (Å²) in [6, 6.07) is 11.7. The maximum atomic E-state index is 12.9. The van der Waals surface area contributed by atoms with E-state index in [4.69, 9.17) is 27.9 Å². The number of anilines is 1. The molecule has 0 aliphatic rings. The lowest BCUT2D eigenvalue weighted by Gasteiger charge is -2.09. The molecule has 0 unspecified atom stereocenters. The van der Waals surface area contributed by atoms with Crippen LogP contribution >= 0.6 is 23.2 Å². The standard InChI is InChI=1S/C14H12Cl2FNO/c15-10-2-1-3-11(8-10)18-6-7-19-12-4-5-14(17)13(16)9-12/h1-5,8-9,18H,6-7H2. The van der Waals surface area contributed by atoms with E-state index < -0.39 is 5.82 Å². The van der Waals surface area contributed by atoms with Gasteiger partial charge in [-0.15, -0.1) is 0 Å². The Morgan fingerprint density at radius 3 is 2.68 bits per heavy atom. The van der Waals surface area contributed by atoms with Gasteiger partial charge in [-0.05, 0) is 30.3 Å². The maximum Gasteiger partial charge on any atom is 0.142 e. The molecule has 19 heavy (non-hydrogen) atoms. The molecule has 0 saturated carbocycles. The Morgan fingerprint density at radius 1 is 1.11 bits per heavy atom. The molecule has 0 atom stereocenters. The van der Waals surface area contributed by atoms with E-state index in [2.05, 4.69) is 5.32 Å². The molecule has 2 nitrogen and oxygen atoms in total. The van der Waals surface area contributed by atoms with Crippen molar-refractivity contribution in [3.8, 4) is 5.75 Å². The molecule has 2 aromatic carbocycles. The lowest BCUT2D eigenvalue weighted by molar-refractivity contribution is 0.332. The minimum absolute atomic E-state index is 0.0558. The van der Waals surface area contributed by atoms with Crippen molar-refractivity contribution in [2.75, 3.05) is 18.5 Å². The monoisotopic (exact) mass is 299 g/mol. The molecule has 1 N–H and O–H groups in total. The molecule has 0 fully saturated rings. The number of hydrogen-bond donors (Lipinski definition) is 1. The van der Waals surface area contributed by atoms with Crippen molar-refractivity contribution in [2.24, 2.45) is 0 Å². The van der Waals surface area contributed by atoms with Gasteiger partial charge < -0.3 is 10.1 Å². The fourth-order valence-corrected chi connectivity index (χ4v) is 1.89. The first kappa shape index (κ1) is 14.0. The van der Waals surface area contributed by atoms with Crippen LogP contribution in [0.3, 0.4) is 0 Å². The Morgan fingerprint density at radius 2 is 1.95 bits per heavy atom. The molecule has 0 aliphatic heterocycles. The molecule has 2 aromatic rings. The van der Waals surface area contributed by atoms with Crippen molar-refractivity contribution in [3.05, 3.63) is 58.3 Å². The van der Waals surface area contributed by atoms with E-state index in [0.717, 1.165) is 5.69 Å². The highest BCUT2D eigenvalue weighted by Gasteiger charge is 2.01. The summed E-state index contributed by atoms with van der Waals surface area (Å²) in [6.07, 6.45) is 0. The van der Waals surface area contributed by atoms with Crippen molar-refractivity contribution in [3.63, 3.8) is 0 Å². The Kier molecular flexibility index (Phi) is 4.88. The average molecular weight is 300 g/mol. The smallest absolute Gasteiger partial charge is 0.142 e. The van der Waals surface area contributed by atoms with Crippen molar-refractivity contribution in [1.29, 1.82) is 0 Å². The zero-order chi connectivity index (χ0) is 13.7. The number of benzene rings is 2. The highest BCUT2D eigenvalue weighted by atomic mass is 35.5. The Labute approximate surface area is 121 Å². The highest BCUT2D eigenvalue weighted by Crippen LogP contribution is 2.21. The molecule has 0 heterocycles. The van der Waals surface area contributed by atoms with E-state index in [0.29, 0.717) is 23.9 Å². The largest absolute Gasteiger partial charge is 0.492 e. The predicted molar refractivity (Wildman–Crippen MR) is 76.8 cm³/mol. The summed E-state index contributed by atoms with van der Waals surface area (Å²) in [5.74, 6) is 0.0883. The second kappa shape index (κ2) is 6.64. The van der Waals surface area contributed by atoms with Crippen molar-refractivity contribution >= 4 is 28.9 Å². The summed E-state index contributed by atoms with van der Waals surface area (Å²) < 4.78 is 18.4. The van der Waals surface area contributed by atoms with Crippen LogP contribution in [0, 0.1) is 5.82 Å². The molecule has 0 aromatic heterocycles. The van der Waals surface area contributed by atoms with E-state index in [9.17, 15) is 4.39 Å². The van der Waals surface area contributed by atoms with Crippen LogP contribution in [0.15, 0.2) is 42.5 Å². The van der Waals surface area contributed by atoms with Crippen molar-refractivity contribution < 1.29 is 9.13 Å². The van der Waals surface area contributed by atoms with Crippen molar-refractivity contribution in [1.82, 2.24) is 0 Å². The highest BCUT2D eigenvalue weighted by molar-refractivity contribution is 6.31. The van der Waals surface area contributed by atoms with Crippen LogP contribution < -0.4 is 10.1 Å². The minimum Gasteiger partial charge on any atom is -0.492 e. The second-order valence-corrected chi connectivity index (χ2v) is 4.71. The third-order valence-electron chi connectivity index (χ3n) is 2.42. The van der Waals surface area contributed by atoms with Crippen LogP contribution in [-0.2, 0) is 0 Å². The first-order valence-electron chi connectivity index (χ1n) is 5.72. The third-order valence-corrected chi connectivity index (χ3v) is 2.94. The molecule has 0 spiro atoms. The van der Waals surface area contributed by atoms with E-state index in [1.165, 1.54) is 12.1 Å². The summed E-state index contributed by atoms with van der Waals surface area (Å²) in [4.78, 5) is 0. The molecule has 5 heteroatoms. The van der Waals surface area contributed by atoms with Gasteiger partial charge in [0.15, 0.2) is 0 Å². The van der Waals surface area contributed by atoms with Gasteiger partial charge in [0.05, 0.1) is 5.02 Å². The van der Waals surface area contributed by atoms with E-state index >= 15 is 0 Å². The fraction of sp³-hybridized carbons (Fsp3) is 0.143. The van der Waals surface area contributed by atoms with Crippen molar-refractivity contribution in [2.45, 2.75) is 0 Å². The maximum absolute atomic E-state index is 12.9. The van der Waals surface area contributed by atoms with Crippen LogP contribution in [0.5, 0.6) is 5.75 Å². The van der Waals surface area contributed by atoms with E-state index in [-0.39, 0.29) is 5.02 Å². The van der Waals surface area contributed by atoms with Gasteiger partial charge in [-0.3, -0.25) is 0 Å². The predicted octanol–water partition coefficient (Wildman–Crippen LogP) is 4.62. The van der Waals surface area contributed by atoms with Crippen LogP contribution in [0.25, 0.3) is 0 Å². The van der Waals surface area contributed by atoms with Gasteiger partial charge in [0.2, 0.25) is 0 Å². The van der Waals surface area contributed by atoms with E-state index in [1.54, 1.807) is 6.07 Å². The first-order chi connectivity index (χ1) is 9.15. The summed E-state index contributed by atoms with van der Waals surface area (Å²) in [5.41, 5.74) is 0.924. The number of halogens is 3. The molecule has 100 valence electrons. The van der Waals surface area contributed by atoms with Gasteiger partial charge in [-0.1, -0.05) is 29.3 Å². The third kappa shape index (κ3) is 4.30. The molecule has 0 saturated heterocycles. The van der Waals surface area contributed by atoms with Crippen LogP contribution in [0.2, 0.25) is 10.0 Å². The average Bonchev–Trinajstić information content (AvgIpc) is 2.39. The van der Waals surface area contributed by atoms with Gasteiger partial charge in [0.1, 0.15) is 18.2 Å². The molecule has 0 aliphatic carbocycles. The summed E-state index contributed by atoms with van der Waals surface area (Å²) >= 11 is 11.5. The van der Waals surface area contributed by atoms with E-state index in [1.807, 2.05) is 24.3 Å². The van der Waals surface area contributed by atoms with Crippen LogP contribution in [-0.4, -0.2) is 13.2 Å². The Balaban J connectivity index is 1.79. The van der Waals surface area contributed by atoms with Gasteiger partial charge >= 0.3 is 0 Å². The number of hydrogen-bond acceptors (Lipinski definition) is 2.